The van der Waals surface area contributed by atoms with Gasteiger partial charge in [0.1, 0.15) is 0 Å². The van der Waals surface area contributed by atoms with Gasteiger partial charge in [-0.15, -0.1) is 0 Å². The Morgan fingerprint density at radius 3 is 2.68 bits per heavy atom. The number of rotatable bonds is 0. The summed E-state index contributed by atoms with van der Waals surface area (Å²) in [6.45, 7) is 9.05. The van der Waals surface area contributed by atoms with E-state index in [-0.39, 0.29) is 12.0 Å². The monoisotopic (exact) mass is 307 g/mol. The predicted molar refractivity (Wildman–Crippen MR) is 89.4 cm³/mol. The summed E-state index contributed by atoms with van der Waals surface area (Å²) >= 11 is 0. The molecule has 22 heavy (non-hydrogen) atoms. The summed E-state index contributed by atoms with van der Waals surface area (Å²) in [7, 11) is 0. The van der Waals surface area contributed by atoms with Crippen LogP contribution in [0.2, 0.25) is 0 Å². The quantitative estimate of drug-likeness (QED) is 0.675. The maximum Gasteiger partial charge on any atom is 0.160 e. The largest absolute Gasteiger partial charge is 0.367 e. The minimum Gasteiger partial charge on any atom is -0.367 e. The summed E-state index contributed by atoms with van der Waals surface area (Å²) in [5, 5.41) is 13.9. The predicted octanol–water partition coefficient (Wildman–Crippen LogP) is 3.34. The molecule has 1 saturated carbocycles. The molecule has 6 unspecified atom stereocenters. The van der Waals surface area contributed by atoms with Gasteiger partial charge in [-0.1, -0.05) is 25.5 Å². The van der Waals surface area contributed by atoms with Crippen molar-refractivity contribution in [2.24, 2.45) is 29.6 Å². The van der Waals surface area contributed by atoms with Gasteiger partial charge in [0.05, 0.1) is 6.10 Å². The molecule has 1 aliphatic carbocycles. The minimum absolute atomic E-state index is 0.109. The van der Waals surface area contributed by atoms with Crippen molar-refractivity contribution < 1.29 is 9.84 Å². The molecule has 7 atom stereocenters. The lowest BCUT2D eigenvalue weighted by Crippen LogP contribution is -2.46. The van der Waals surface area contributed by atoms with E-state index in [1.165, 1.54) is 44.2 Å². The Labute approximate surface area is 135 Å². The van der Waals surface area contributed by atoms with Crippen molar-refractivity contribution in [3.63, 3.8) is 0 Å². The lowest BCUT2D eigenvalue weighted by atomic mass is 9.62. The number of hydrogen-bond donors (Lipinski definition) is 2. The lowest BCUT2D eigenvalue weighted by molar-refractivity contribution is -0.194. The first-order chi connectivity index (χ1) is 10.6. The third kappa shape index (κ3) is 3.27. The summed E-state index contributed by atoms with van der Waals surface area (Å²) in [6.07, 6.45) is 8.14. The molecule has 0 aromatic carbocycles. The molecule has 3 heteroatoms. The molecule has 0 spiro atoms. The van der Waals surface area contributed by atoms with Gasteiger partial charge < -0.3 is 15.2 Å². The highest BCUT2D eigenvalue weighted by Gasteiger charge is 2.45. The molecule has 0 aromatic rings. The third-order valence-electron chi connectivity index (χ3n) is 6.47. The Morgan fingerprint density at radius 2 is 1.91 bits per heavy atom. The molecule has 3 rings (SSSR count). The first-order valence-electron chi connectivity index (χ1n) is 9.30. The van der Waals surface area contributed by atoms with E-state index < -0.39 is 6.29 Å². The van der Waals surface area contributed by atoms with E-state index in [0.717, 1.165) is 12.5 Å². The highest BCUT2D eigenvalue weighted by Crippen LogP contribution is 2.48. The standard InChI is InChI=1S/C19H33NO2/c1-12-10-13(2)19(21)22-18-16-7-5-9-20-8-4-6-15(14(16)3)11-17(12)18/h10,13-21H,4-9,11H2,1-3H3/t13-,14?,15?,16?,17?,18?,19?/m1/s1. The second-order valence-electron chi connectivity index (χ2n) is 7.92. The SMILES string of the molecule is CC1=C[C@@H](C)C(O)OC2C1CC1CCCNCCCC2C1C. The molecule has 1 saturated heterocycles. The van der Waals surface area contributed by atoms with Crippen molar-refractivity contribution in [2.45, 2.75) is 65.3 Å². The lowest BCUT2D eigenvalue weighted by Gasteiger charge is -2.47. The Bertz CT molecular complexity index is 408. The third-order valence-corrected chi connectivity index (χ3v) is 6.47. The van der Waals surface area contributed by atoms with Crippen LogP contribution in [0.3, 0.4) is 0 Å². The Kier molecular flexibility index (Phi) is 5.26. The molecule has 126 valence electrons. The fraction of sp³-hybridized carbons (Fsp3) is 0.895. The van der Waals surface area contributed by atoms with Gasteiger partial charge in [0.25, 0.3) is 0 Å². The molecular weight excluding hydrogens is 274 g/mol. The van der Waals surface area contributed by atoms with E-state index in [0.29, 0.717) is 17.8 Å². The first kappa shape index (κ1) is 16.5. The summed E-state index contributed by atoms with van der Waals surface area (Å²) in [4.78, 5) is 0. The van der Waals surface area contributed by atoms with E-state index >= 15 is 0 Å². The second kappa shape index (κ2) is 7.02. The summed E-state index contributed by atoms with van der Waals surface area (Å²) in [5.41, 5.74) is 1.45. The van der Waals surface area contributed by atoms with Crippen LogP contribution in [0.1, 0.15) is 52.9 Å². The van der Waals surface area contributed by atoms with Gasteiger partial charge in [-0.25, -0.2) is 0 Å². The van der Waals surface area contributed by atoms with Crippen LogP contribution in [0.25, 0.3) is 0 Å². The van der Waals surface area contributed by atoms with Crippen LogP contribution in [-0.4, -0.2) is 30.6 Å². The van der Waals surface area contributed by atoms with E-state index in [1.807, 2.05) is 0 Å². The minimum atomic E-state index is -0.637. The molecule has 3 nitrogen and oxygen atoms in total. The number of hydrogen-bond acceptors (Lipinski definition) is 3. The number of nitrogens with one attached hydrogen (secondary N) is 1. The molecule has 2 fully saturated rings. The van der Waals surface area contributed by atoms with Crippen molar-refractivity contribution >= 4 is 0 Å². The average molecular weight is 307 g/mol. The van der Waals surface area contributed by atoms with Crippen LogP contribution in [0.15, 0.2) is 11.6 Å². The van der Waals surface area contributed by atoms with Gasteiger partial charge in [0.15, 0.2) is 6.29 Å². The Balaban J connectivity index is 1.87. The van der Waals surface area contributed by atoms with Crippen molar-refractivity contribution in [3.8, 4) is 0 Å². The van der Waals surface area contributed by atoms with Crippen LogP contribution in [0.5, 0.6) is 0 Å². The van der Waals surface area contributed by atoms with Crippen LogP contribution in [0, 0.1) is 29.6 Å². The molecule has 0 amide bonds. The van der Waals surface area contributed by atoms with Crippen LogP contribution < -0.4 is 5.32 Å². The van der Waals surface area contributed by atoms with Crippen molar-refractivity contribution in [1.29, 1.82) is 0 Å². The number of aliphatic hydroxyl groups is 1. The van der Waals surface area contributed by atoms with Gasteiger partial charge in [-0.05, 0) is 69.9 Å². The molecule has 2 N–H and O–H groups in total. The fourth-order valence-electron chi connectivity index (χ4n) is 5.05. The van der Waals surface area contributed by atoms with E-state index in [1.54, 1.807) is 0 Å². The molecule has 3 aliphatic rings. The Hall–Kier alpha value is -0.380. The van der Waals surface area contributed by atoms with E-state index in [9.17, 15) is 5.11 Å². The molecule has 0 radical (unpaired) electrons. The number of ether oxygens (including phenoxy) is 1. The first-order valence-corrected chi connectivity index (χ1v) is 9.30. The van der Waals surface area contributed by atoms with Gasteiger partial charge in [-0.2, -0.15) is 0 Å². The van der Waals surface area contributed by atoms with Crippen molar-refractivity contribution in [2.75, 3.05) is 13.1 Å². The van der Waals surface area contributed by atoms with E-state index in [2.05, 4.69) is 32.2 Å². The number of fused-ring (bicyclic) bond motifs is 4. The molecule has 0 aromatic heterocycles. The zero-order valence-electron chi connectivity index (χ0n) is 14.4. The highest BCUT2D eigenvalue weighted by atomic mass is 16.6. The summed E-state index contributed by atoms with van der Waals surface area (Å²) in [6, 6.07) is 0. The van der Waals surface area contributed by atoms with Crippen LogP contribution in [-0.2, 0) is 4.74 Å². The van der Waals surface area contributed by atoms with Crippen molar-refractivity contribution in [3.05, 3.63) is 11.6 Å². The molecule has 2 bridgehead atoms. The maximum atomic E-state index is 10.3. The van der Waals surface area contributed by atoms with Gasteiger partial charge in [0, 0.05) is 11.8 Å². The summed E-state index contributed by atoms with van der Waals surface area (Å²) in [5.74, 6) is 2.74. The average Bonchev–Trinajstić information content (AvgIpc) is 2.58. The molecule has 2 aliphatic heterocycles. The topological polar surface area (TPSA) is 41.5 Å². The van der Waals surface area contributed by atoms with Gasteiger partial charge in [-0.3, -0.25) is 0 Å². The van der Waals surface area contributed by atoms with Crippen molar-refractivity contribution in [1.82, 2.24) is 5.32 Å². The second-order valence-corrected chi connectivity index (χ2v) is 7.92. The van der Waals surface area contributed by atoms with Crippen LogP contribution in [0.4, 0.5) is 0 Å². The highest BCUT2D eigenvalue weighted by molar-refractivity contribution is 5.13. The zero-order valence-corrected chi connectivity index (χ0v) is 14.4. The van der Waals surface area contributed by atoms with Gasteiger partial charge in [0.2, 0.25) is 0 Å². The fourth-order valence-corrected chi connectivity index (χ4v) is 5.05. The summed E-state index contributed by atoms with van der Waals surface area (Å²) < 4.78 is 6.21. The van der Waals surface area contributed by atoms with E-state index in [4.69, 9.17) is 4.74 Å². The normalized spacial score (nSPS) is 47.1. The molecule has 2 heterocycles. The molecular formula is C19H33NO2. The van der Waals surface area contributed by atoms with Gasteiger partial charge >= 0.3 is 0 Å². The maximum absolute atomic E-state index is 10.3. The zero-order chi connectivity index (χ0) is 15.7. The van der Waals surface area contributed by atoms with Crippen LogP contribution >= 0.6 is 0 Å². The smallest absolute Gasteiger partial charge is 0.160 e. The number of aliphatic hydroxyl groups excluding tert-OH is 1. The Morgan fingerprint density at radius 1 is 1.18 bits per heavy atom.